The fourth-order valence-electron chi connectivity index (χ4n) is 3.16. The lowest BCUT2D eigenvalue weighted by molar-refractivity contribution is -0.120. The molecule has 0 bridgehead atoms. The van der Waals surface area contributed by atoms with E-state index in [1.54, 1.807) is 6.07 Å². The number of hydrogen-bond donors (Lipinski definition) is 2. The van der Waals surface area contributed by atoms with Crippen LogP contribution in [0, 0.1) is 11.2 Å². The number of nitrogens with one attached hydrogen (secondary N) is 2. The highest BCUT2D eigenvalue weighted by atomic mass is 19.1. The van der Waals surface area contributed by atoms with Crippen molar-refractivity contribution in [1.29, 1.82) is 0 Å². The van der Waals surface area contributed by atoms with E-state index in [1.165, 1.54) is 18.5 Å². The first kappa shape index (κ1) is 16.7. The molecule has 0 aliphatic heterocycles. The first-order valence-corrected chi connectivity index (χ1v) is 9.04. The van der Waals surface area contributed by atoms with Crippen molar-refractivity contribution < 1.29 is 13.9 Å². The van der Waals surface area contributed by atoms with Crippen LogP contribution in [0.25, 0.3) is 21.9 Å². The lowest BCUT2D eigenvalue weighted by Crippen LogP contribution is -2.21. The molecule has 1 fully saturated rings. The van der Waals surface area contributed by atoms with E-state index in [2.05, 4.69) is 20.3 Å². The summed E-state index contributed by atoms with van der Waals surface area (Å²) < 4.78 is 20.3. The third kappa shape index (κ3) is 2.76. The highest BCUT2D eigenvalue weighted by Gasteiger charge is 2.44. The molecule has 0 atom stereocenters. The molecule has 2 N–H and O–H groups in total. The Morgan fingerprint density at radius 2 is 2.04 bits per heavy atom. The Kier molecular flexibility index (Phi) is 3.58. The number of aromatic amines is 1. The van der Waals surface area contributed by atoms with Gasteiger partial charge in [-0.25, -0.2) is 9.37 Å². The Labute approximate surface area is 159 Å². The van der Waals surface area contributed by atoms with Gasteiger partial charge >= 0.3 is 0 Å². The van der Waals surface area contributed by atoms with Crippen LogP contribution >= 0.6 is 0 Å². The van der Waals surface area contributed by atoms with Crippen LogP contribution in [-0.2, 0) is 4.79 Å². The van der Waals surface area contributed by atoms with Crippen molar-refractivity contribution in [1.82, 2.24) is 15.0 Å². The number of amides is 1. The van der Waals surface area contributed by atoms with Gasteiger partial charge in [0.1, 0.15) is 17.4 Å². The molecule has 0 spiro atoms. The van der Waals surface area contributed by atoms with Crippen LogP contribution in [0.1, 0.15) is 19.8 Å². The van der Waals surface area contributed by atoms with Gasteiger partial charge in [-0.1, -0.05) is 25.1 Å². The normalized spacial score (nSPS) is 14.9. The molecule has 7 heteroatoms. The molecule has 1 amide bonds. The molecule has 4 aromatic rings. The standard InChI is InChI=1S/C21H17FN4O2/c1-21(8-9-21)20(27)25-12-6-7-16(14(22)10-12)28-19-18-17(23-11-24-19)13-4-2-3-5-15(13)26-18/h2-7,10-11,26H,8-9H2,1H3,(H,25,27). The first-order valence-electron chi connectivity index (χ1n) is 9.04. The van der Waals surface area contributed by atoms with Gasteiger partial charge in [-0.15, -0.1) is 0 Å². The van der Waals surface area contributed by atoms with Crippen molar-refractivity contribution in [3.63, 3.8) is 0 Å². The molecule has 1 aliphatic carbocycles. The number of anilines is 1. The summed E-state index contributed by atoms with van der Waals surface area (Å²) >= 11 is 0. The van der Waals surface area contributed by atoms with Gasteiger partial charge in [-0.05, 0) is 31.0 Å². The molecule has 2 aromatic carbocycles. The van der Waals surface area contributed by atoms with Crippen molar-refractivity contribution in [3.05, 3.63) is 54.6 Å². The smallest absolute Gasteiger partial charge is 0.247 e. The van der Waals surface area contributed by atoms with E-state index in [4.69, 9.17) is 4.74 Å². The van der Waals surface area contributed by atoms with E-state index in [9.17, 15) is 9.18 Å². The summed E-state index contributed by atoms with van der Waals surface area (Å²) in [7, 11) is 0. The van der Waals surface area contributed by atoms with E-state index < -0.39 is 5.82 Å². The number of H-pyrrole nitrogens is 1. The summed E-state index contributed by atoms with van der Waals surface area (Å²) in [6.45, 7) is 1.90. The second-order valence-corrected chi connectivity index (χ2v) is 7.34. The summed E-state index contributed by atoms with van der Waals surface area (Å²) in [6, 6.07) is 12.1. The van der Waals surface area contributed by atoms with Gasteiger partial charge in [0, 0.05) is 28.1 Å². The van der Waals surface area contributed by atoms with Crippen molar-refractivity contribution in [3.8, 4) is 11.6 Å². The van der Waals surface area contributed by atoms with E-state index in [-0.39, 0.29) is 23.0 Å². The second kappa shape index (κ2) is 6.02. The average Bonchev–Trinajstić information content (AvgIpc) is 3.33. The molecule has 28 heavy (non-hydrogen) atoms. The van der Waals surface area contributed by atoms with Gasteiger partial charge in [0.15, 0.2) is 11.6 Å². The SMILES string of the molecule is CC1(C(=O)Nc2ccc(Oc3ncnc4c3[nH]c3ccccc34)c(F)c2)CC1. The maximum Gasteiger partial charge on any atom is 0.247 e. The number of carbonyl (C=O) groups excluding carboxylic acids is 1. The molecule has 0 radical (unpaired) electrons. The number of hydrogen-bond acceptors (Lipinski definition) is 4. The average molecular weight is 376 g/mol. The monoisotopic (exact) mass is 376 g/mol. The van der Waals surface area contributed by atoms with E-state index in [0.29, 0.717) is 16.7 Å². The van der Waals surface area contributed by atoms with Crippen LogP contribution in [-0.4, -0.2) is 20.9 Å². The molecular weight excluding hydrogens is 359 g/mol. The quantitative estimate of drug-likeness (QED) is 0.537. The number of ether oxygens (including phenoxy) is 1. The lowest BCUT2D eigenvalue weighted by Gasteiger charge is -2.11. The molecule has 1 saturated carbocycles. The summed E-state index contributed by atoms with van der Waals surface area (Å²) in [5.74, 6) is -0.408. The van der Waals surface area contributed by atoms with Gasteiger partial charge in [0.05, 0.1) is 0 Å². The molecular formula is C21H17FN4O2. The zero-order chi connectivity index (χ0) is 19.3. The van der Waals surface area contributed by atoms with Crippen LogP contribution < -0.4 is 10.1 Å². The van der Waals surface area contributed by atoms with Crippen LogP contribution in [0.15, 0.2) is 48.8 Å². The Balaban J connectivity index is 1.45. The summed E-state index contributed by atoms with van der Waals surface area (Å²) in [5.41, 5.74) is 2.29. The third-order valence-electron chi connectivity index (χ3n) is 5.20. The minimum Gasteiger partial charge on any atom is -0.434 e. The molecule has 0 saturated heterocycles. The number of carbonyl (C=O) groups is 1. The van der Waals surface area contributed by atoms with E-state index >= 15 is 0 Å². The second-order valence-electron chi connectivity index (χ2n) is 7.34. The van der Waals surface area contributed by atoms with Crippen molar-refractivity contribution in [2.24, 2.45) is 5.41 Å². The largest absolute Gasteiger partial charge is 0.434 e. The lowest BCUT2D eigenvalue weighted by atomic mass is 10.1. The third-order valence-corrected chi connectivity index (χ3v) is 5.20. The van der Waals surface area contributed by atoms with Crippen molar-refractivity contribution in [2.45, 2.75) is 19.8 Å². The van der Waals surface area contributed by atoms with Gasteiger partial charge in [0.2, 0.25) is 11.8 Å². The number of aromatic nitrogens is 3. The van der Waals surface area contributed by atoms with E-state index in [0.717, 1.165) is 23.7 Å². The fraction of sp³-hybridized carbons (Fsp3) is 0.190. The molecule has 2 aromatic heterocycles. The van der Waals surface area contributed by atoms with Gasteiger partial charge in [0.25, 0.3) is 0 Å². The molecule has 6 nitrogen and oxygen atoms in total. The molecule has 140 valence electrons. The fourth-order valence-corrected chi connectivity index (χ4v) is 3.16. The maximum absolute atomic E-state index is 14.6. The summed E-state index contributed by atoms with van der Waals surface area (Å²) in [5, 5.41) is 3.70. The minimum absolute atomic E-state index is 0.0225. The van der Waals surface area contributed by atoms with Gasteiger partial charge in [-0.2, -0.15) is 4.98 Å². The molecule has 1 aliphatic rings. The Morgan fingerprint density at radius 1 is 1.21 bits per heavy atom. The van der Waals surface area contributed by atoms with Gasteiger partial charge < -0.3 is 15.0 Å². The van der Waals surface area contributed by atoms with Crippen molar-refractivity contribution >= 4 is 33.5 Å². The Hall–Kier alpha value is -3.48. The van der Waals surface area contributed by atoms with Crippen molar-refractivity contribution in [2.75, 3.05) is 5.32 Å². The van der Waals surface area contributed by atoms with Crippen LogP contribution in [0.5, 0.6) is 11.6 Å². The summed E-state index contributed by atoms with van der Waals surface area (Å²) in [6.07, 6.45) is 3.11. The predicted octanol–water partition coefficient (Wildman–Crippen LogP) is 4.78. The highest BCUT2D eigenvalue weighted by Crippen LogP contribution is 2.45. The number of fused-ring (bicyclic) bond motifs is 3. The minimum atomic E-state index is -0.582. The maximum atomic E-state index is 14.6. The number of nitrogens with zero attached hydrogens (tertiary/aromatic N) is 2. The number of para-hydroxylation sites is 1. The Morgan fingerprint density at radius 3 is 2.82 bits per heavy atom. The van der Waals surface area contributed by atoms with Gasteiger partial charge in [-0.3, -0.25) is 4.79 Å². The predicted molar refractivity (Wildman–Crippen MR) is 104 cm³/mol. The van der Waals surface area contributed by atoms with Crippen LogP contribution in [0.2, 0.25) is 0 Å². The zero-order valence-corrected chi connectivity index (χ0v) is 15.1. The van der Waals surface area contributed by atoms with Crippen LogP contribution in [0.4, 0.5) is 10.1 Å². The summed E-state index contributed by atoms with van der Waals surface area (Å²) in [4.78, 5) is 23.8. The van der Waals surface area contributed by atoms with Crippen LogP contribution in [0.3, 0.4) is 0 Å². The number of halogens is 1. The highest BCUT2D eigenvalue weighted by molar-refractivity contribution is 6.06. The molecule has 5 rings (SSSR count). The molecule has 2 heterocycles. The number of benzene rings is 2. The van der Waals surface area contributed by atoms with E-state index in [1.807, 2.05) is 31.2 Å². The number of rotatable bonds is 4. The Bertz CT molecular complexity index is 1230. The molecule has 0 unspecified atom stereocenters. The zero-order valence-electron chi connectivity index (χ0n) is 15.1. The topological polar surface area (TPSA) is 79.9 Å². The first-order chi connectivity index (χ1) is 13.5.